The van der Waals surface area contributed by atoms with Gasteiger partial charge in [0.15, 0.2) is 17.5 Å². The van der Waals surface area contributed by atoms with Crippen molar-refractivity contribution in [2.24, 2.45) is 0 Å². The monoisotopic (exact) mass is 161 g/mol. The van der Waals surface area contributed by atoms with Crippen LogP contribution >= 0.6 is 0 Å². The number of nitrogens with one attached hydrogen (secondary N) is 1. The maximum absolute atomic E-state index is 12.6. The van der Waals surface area contributed by atoms with Gasteiger partial charge in [-0.25, -0.2) is 13.2 Å². The summed E-state index contributed by atoms with van der Waals surface area (Å²) in [6.45, 7) is 0. The Balaban J connectivity index is 3.25. The lowest BCUT2D eigenvalue weighted by molar-refractivity contribution is 0.449. The van der Waals surface area contributed by atoms with E-state index in [0.717, 1.165) is 12.1 Å². The second kappa shape index (κ2) is 2.82. The third-order valence-corrected chi connectivity index (χ3v) is 1.30. The van der Waals surface area contributed by atoms with Gasteiger partial charge in [-0.3, -0.25) is 0 Å². The van der Waals surface area contributed by atoms with Crippen molar-refractivity contribution in [1.29, 1.82) is 0 Å². The Bertz CT molecular complexity index is 273. The van der Waals surface area contributed by atoms with Crippen molar-refractivity contribution in [2.75, 3.05) is 12.4 Å². The molecule has 0 amide bonds. The minimum Gasteiger partial charge on any atom is -0.386 e. The van der Waals surface area contributed by atoms with Crippen LogP contribution < -0.4 is 5.32 Å². The molecule has 1 N–H and O–H groups in total. The molecular formula is C7H6F3N. The maximum atomic E-state index is 12.6. The van der Waals surface area contributed by atoms with Crippen LogP contribution in [-0.4, -0.2) is 7.05 Å². The Morgan fingerprint density at radius 1 is 1.09 bits per heavy atom. The highest BCUT2D eigenvalue weighted by atomic mass is 19.2. The molecule has 0 spiro atoms. The van der Waals surface area contributed by atoms with Crippen LogP contribution in [0.3, 0.4) is 0 Å². The van der Waals surface area contributed by atoms with E-state index < -0.39 is 17.5 Å². The summed E-state index contributed by atoms with van der Waals surface area (Å²) < 4.78 is 37.2. The molecule has 0 fully saturated rings. The quantitative estimate of drug-likeness (QED) is 0.622. The lowest BCUT2D eigenvalue weighted by Gasteiger charge is -2.01. The Hall–Kier alpha value is -1.19. The molecule has 1 nitrogen and oxygen atoms in total. The van der Waals surface area contributed by atoms with Gasteiger partial charge in [-0.05, 0) is 12.1 Å². The molecule has 0 saturated carbocycles. The minimum absolute atomic E-state index is 0.0519. The normalized spacial score (nSPS) is 9.82. The predicted molar refractivity (Wildman–Crippen MR) is 35.9 cm³/mol. The largest absolute Gasteiger partial charge is 0.386 e. The van der Waals surface area contributed by atoms with E-state index in [4.69, 9.17) is 0 Å². The first kappa shape index (κ1) is 7.91. The molecule has 0 radical (unpaired) electrons. The fourth-order valence-corrected chi connectivity index (χ4v) is 0.719. The fraction of sp³-hybridized carbons (Fsp3) is 0.143. The van der Waals surface area contributed by atoms with Gasteiger partial charge < -0.3 is 5.32 Å². The van der Waals surface area contributed by atoms with Gasteiger partial charge in [-0.15, -0.1) is 0 Å². The third kappa shape index (κ3) is 1.29. The highest BCUT2D eigenvalue weighted by molar-refractivity contribution is 5.44. The summed E-state index contributed by atoms with van der Waals surface area (Å²) in [7, 11) is 1.43. The average Bonchev–Trinajstić information content (AvgIpc) is 2.01. The van der Waals surface area contributed by atoms with E-state index >= 15 is 0 Å². The zero-order valence-electron chi connectivity index (χ0n) is 5.79. The molecule has 1 rings (SSSR count). The summed E-state index contributed by atoms with van der Waals surface area (Å²) in [6.07, 6.45) is 0. The van der Waals surface area contributed by atoms with Gasteiger partial charge in [-0.1, -0.05) is 0 Å². The van der Waals surface area contributed by atoms with Gasteiger partial charge in [0.2, 0.25) is 0 Å². The molecular weight excluding hydrogens is 155 g/mol. The number of rotatable bonds is 1. The summed E-state index contributed by atoms with van der Waals surface area (Å²) in [5, 5.41) is 2.38. The van der Waals surface area contributed by atoms with Crippen molar-refractivity contribution in [3.05, 3.63) is 29.6 Å². The van der Waals surface area contributed by atoms with E-state index in [1.54, 1.807) is 0 Å². The average molecular weight is 161 g/mol. The molecule has 0 atom stereocenters. The molecule has 0 unspecified atom stereocenters. The Morgan fingerprint density at radius 3 is 2.27 bits per heavy atom. The Morgan fingerprint density at radius 2 is 1.73 bits per heavy atom. The van der Waals surface area contributed by atoms with Crippen molar-refractivity contribution in [2.45, 2.75) is 0 Å². The van der Waals surface area contributed by atoms with Crippen LogP contribution in [0.5, 0.6) is 0 Å². The zero-order chi connectivity index (χ0) is 8.43. The summed E-state index contributed by atoms with van der Waals surface area (Å²) in [6, 6.07) is 2.00. The summed E-state index contributed by atoms with van der Waals surface area (Å²) >= 11 is 0. The molecule has 1 aromatic carbocycles. The highest BCUT2D eigenvalue weighted by Gasteiger charge is 2.11. The second-order valence-corrected chi connectivity index (χ2v) is 1.97. The number of hydrogen-bond acceptors (Lipinski definition) is 1. The lowest BCUT2D eigenvalue weighted by atomic mass is 10.3. The van der Waals surface area contributed by atoms with E-state index in [-0.39, 0.29) is 5.69 Å². The van der Waals surface area contributed by atoms with Gasteiger partial charge in [-0.2, -0.15) is 0 Å². The molecule has 1 aromatic rings. The minimum atomic E-state index is -1.45. The van der Waals surface area contributed by atoms with Crippen molar-refractivity contribution in [1.82, 2.24) is 0 Å². The molecule has 0 heterocycles. The van der Waals surface area contributed by atoms with Crippen LogP contribution in [0.1, 0.15) is 0 Å². The highest BCUT2D eigenvalue weighted by Crippen LogP contribution is 2.18. The predicted octanol–water partition coefficient (Wildman–Crippen LogP) is 2.15. The van der Waals surface area contributed by atoms with Gasteiger partial charge in [0.1, 0.15) is 0 Å². The topological polar surface area (TPSA) is 12.0 Å². The van der Waals surface area contributed by atoms with Crippen molar-refractivity contribution < 1.29 is 13.2 Å². The van der Waals surface area contributed by atoms with Gasteiger partial charge >= 0.3 is 0 Å². The first-order valence-electron chi connectivity index (χ1n) is 2.98. The Labute approximate surface area is 61.8 Å². The van der Waals surface area contributed by atoms with Crippen LogP contribution in [0.15, 0.2) is 12.1 Å². The van der Waals surface area contributed by atoms with E-state index in [9.17, 15) is 13.2 Å². The summed E-state index contributed by atoms with van der Waals surface area (Å²) in [5.41, 5.74) is -0.0519. The number of benzene rings is 1. The first-order valence-corrected chi connectivity index (χ1v) is 2.98. The van der Waals surface area contributed by atoms with Crippen LogP contribution in [0.25, 0.3) is 0 Å². The number of hydrogen-bond donors (Lipinski definition) is 1. The standard InChI is InChI=1S/C7H6F3N/c1-11-5-3-2-4(8)6(9)7(5)10/h2-3,11H,1H3. The SMILES string of the molecule is CNc1ccc(F)c(F)c1F. The Kier molecular flexibility index (Phi) is 2.03. The van der Waals surface area contributed by atoms with E-state index in [1.165, 1.54) is 7.05 Å². The van der Waals surface area contributed by atoms with E-state index in [0.29, 0.717) is 0 Å². The maximum Gasteiger partial charge on any atom is 0.196 e. The second-order valence-electron chi connectivity index (χ2n) is 1.97. The van der Waals surface area contributed by atoms with Gasteiger partial charge in [0.05, 0.1) is 5.69 Å². The van der Waals surface area contributed by atoms with Crippen LogP contribution in [0, 0.1) is 17.5 Å². The molecule has 11 heavy (non-hydrogen) atoms. The zero-order valence-corrected chi connectivity index (χ0v) is 5.79. The van der Waals surface area contributed by atoms with E-state index in [1.807, 2.05) is 0 Å². The van der Waals surface area contributed by atoms with E-state index in [2.05, 4.69) is 5.32 Å². The lowest BCUT2D eigenvalue weighted by Crippen LogP contribution is -1.97. The van der Waals surface area contributed by atoms with Crippen molar-refractivity contribution in [3.8, 4) is 0 Å². The number of anilines is 1. The molecule has 0 saturated heterocycles. The molecule has 0 aliphatic rings. The van der Waals surface area contributed by atoms with Crippen molar-refractivity contribution in [3.63, 3.8) is 0 Å². The smallest absolute Gasteiger partial charge is 0.196 e. The molecule has 0 aromatic heterocycles. The van der Waals surface area contributed by atoms with Crippen molar-refractivity contribution >= 4 is 5.69 Å². The molecule has 4 heteroatoms. The molecule has 60 valence electrons. The molecule has 0 bridgehead atoms. The van der Waals surface area contributed by atoms with Crippen LogP contribution in [-0.2, 0) is 0 Å². The van der Waals surface area contributed by atoms with Gasteiger partial charge in [0.25, 0.3) is 0 Å². The molecule has 0 aliphatic heterocycles. The third-order valence-electron chi connectivity index (χ3n) is 1.30. The summed E-state index contributed by atoms with van der Waals surface area (Å²) in [5.74, 6) is -3.81. The van der Waals surface area contributed by atoms with Crippen LogP contribution in [0.2, 0.25) is 0 Å². The fourth-order valence-electron chi connectivity index (χ4n) is 0.719. The van der Waals surface area contributed by atoms with Crippen LogP contribution in [0.4, 0.5) is 18.9 Å². The summed E-state index contributed by atoms with van der Waals surface area (Å²) in [4.78, 5) is 0. The first-order chi connectivity index (χ1) is 5.16. The van der Waals surface area contributed by atoms with Gasteiger partial charge in [0, 0.05) is 7.05 Å². The molecule has 0 aliphatic carbocycles. The number of halogens is 3.